The Hall–Kier alpha value is -1.72. The Kier molecular flexibility index (Phi) is 4.87. The van der Waals surface area contributed by atoms with Crippen LogP contribution in [-0.2, 0) is 11.3 Å². The third-order valence-electron chi connectivity index (χ3n) is 3.03. The van der Waals surface area contributed by atoms with Crippen LogP contribution in [0.3, 0.4) is 0 Å². The van der Waals surface area contributed by atoms with Gasteiger partial charge >= 0.3 is 5.97 Å². The van der Waals surface area contributed by atoms with E-state index in [1.807, 2.05) is 54.5 Å². The van der Waals surface area contributed by atoms with Crippen LogP contribution in [0.2, 0.25) is 0 Å². The molecule has 0 aliphatic carbocycles. The van der Waals surface area contributed by atoms with Crippen molar-refractivity contribution in [3.05, 3.63) is 40.7 Å². The molecule has 5 heteroatoms. The number of rotatable bonds is 6. The Labute approximate surface area is 122 Å². The molecule has 0 fully saturated rings. The molecule has 106 valence electrons. The lowest BCUT2D eigenvalue weighted by Gasteiger charge is -2.23. The summed E-state index contributed by atoms with van der Waals surface area (Å²) in [6.07, 6.45) is 0. The molecule has 0 aliphatic rings. The van der Waals surface area contributed by atoms with Crippen molar-refractivity contribution < 1.29 is 9.90 Å². The van der Waals surface area contributed by atoms with Gasteiger partial charge in [0.05, 0.1) is 18.8 Å². The number of hydrogen-bond acceptors (Lipinski definition) is 4. The molecule has 0 spiro atoms. The summed E-state index contributed by atoms with van der Waals surface area (Å²) >= 11 is 1.57. The molecule has 0 saturated carbocycles. The van der Waals surface area contributed by atoms with Gasteiger partial charge in [0.15, 0.2) is 0 Å². The van der Waals surface area contributed by atoms with Gasteiger partial charge in [0.2, 0.25) is 0 Å². The second kappa shape index (κ2) is 6.63. The Morgan fingerprint density at radius 1 is 1.35 bits per heavy atom. The van der Waals surface area contributed by atoms with Crippen molar-refractivity contribution in [3.63, 3.8) is 0 Å². The van der Waals surface area contributed by atoms with E-state index in [4.69, 9.17) is 5.11 Å². The number of carbonyl (C=O) groups is 1. The van der Waals surface area contributed by atoms with Crippen molar-refractivity contribution in [1.29, 1.82) is 0 Å². The molecule has 2 aromatic rings. The number of nitrogens with zero attached hydrogens (tertiary/aromatic N) is 2. The zero-order valence-electron chi connectivity index (χ0n) is 11.6. The first-order valence-corrected chi connectivity index (χ1v) is 7.40. The van der Waals surface area contributed by atoms with Crippen LogP contribution < -0.4 is 0 Å². The SMILES string of the molecule is CC(C)N(CC(=O)O)Cc1nc(-c2ccccc2)cs1. The Morgan fingerprint density at radius 3 is 2.65 bits per heavy atom. The average Bonchev–Trinajstić information content (AvgIpc) is 2.87. The highest BCUT2D eigenvalue weighted by atomic mass is 32.1. The standard InChI is InChI=1S/C15H18N2O2S/c1-11(2)17(9-15(18)19)8-14-16-13(10-20-14)12-6-4-3-5-7-12/h3-7,10-11H,8-9H2,1-2H3,(H,18,19). The van der Waals surface area contributed by atoms with Crippen LogP contribution in [0.4, 0.5) is 0 Å². The maximum atomic E-state index is 10.9. The number of thiazole rings is 1. The highest BCUT2D eigenvalue weighted by molar-refractivity contribution is 7.09. The summed E-state index contributed by atoms with van der Waals surface area (Å²) in [6.45, 7) is 4.60. The van der Waals surface area contributed by atoms with E-state index in [-0.39, 0.29) is 12.6 Å². The third-order valence-corrected chi connectivity index (χ3v) is 3.86. The highest BCUT2D eigenvalue weighted by Gasteiger charge is 2.15. The van der Waals surface area contributed by atoms with Crippen LogP contribution in [0.15, 0.2) is 35.7 Å². The van der Waals surface area contributed by atoms with E-state index in [2.05, 4.69) is 4.98 Å². The number of carboxylic acid groups (broad SMARTS) is 1. The maximum Gasteiger partial charge on any atom is 0.317 e. The van der Waals surface area contributed by atoms with Crippen molar-refractivity contribution in [1.82, 2.24) is 9.88 Å². The molecule has 1 N–H and O–H groups in total. The van der Waals surface area contributed by atoms with Crippen LogP contribution >= 0.6 is 11.3 Å². The number of benzene rings is 1. The first-order chi connectivity index (χ1) is 9.56. The summed E-state index contributed by atoms with van der Waals surface area (Å²) in [4.78, 5) is 17.4. The molecule has 20 heavy (non-hydrogen) atoms. The number of aliphatic carboxylic acids is 1. The van der Waals surface area contributed by atoms with Gasteiger partial charge in [-0.05, 0) is 13.8 Å². The first kappa shape index (κ1) is 14.7. The molecule has 0 unspecified atom stereocenters. The van der Waals surface area contributed by atoms with Gasteiger partial charge in [0, 0.05) is 17.0 Å². The molecule has 1 heterocycles. The fraction of sp³-hybridized carbons (Fsp3) is 0.333. The minimum absolute atomic E-state index is 0.0396. The Morgan fingerprint density at radius 2 is 2.05 bits per heavy atom. The summed E-state index contributed by atoms with van der Waals surface area (Å²) in [5, 5.41) is 11.9. The van der Waals surface area contributed by atoms with Gasteiger partial charge in [-0.3, -0.25) is 9.69 Å². The zero-order valence-corrected chi connectivity index (χ0v) is 12.4. The van der Waals surface area contributed by atoms with Gasteiger partial charge in [0.25, 0.3) is 0 Å². The lowest BCUT2D eigenvalue weighted by molar-refractivity contribution is -0.138. The first-order valence-electron chi connectivity index (χ1n) is 6.52. The average molecular weight is 290 g/mol. The van der Waals surface area contributed by atoms with Crippen molar-refractivity contribution >= 4 is 17.3 Å². The van der Waals surface area contributed by atoms with Gasteiger partial charge in [-0.25, -0.2) is 4.98 Å². The minimum atomic E-state index is -0.807. The summed E-state index contributed by atoms with van der Waals surface area (Å²) in [5.74, 6) is -0.807. The molecule has 0 amide bonds. The lowest BCUT2D eigenvalue weighted by atomic mass is 10.2. The molecule has 0 aliphatic heterocycles. The van der Waals surface area contributed by atoms with E-state index in [9.17, 15) is 4.79 Å². The number of carboxylic acids is 1. The van der Waals surface area contributed by atoms with E-state index in [1.165, 1.54) is 0 Å². The normalized spacial score (nSPS) is 11.2. The summed E-state index contributed by atoms with van der Waals surface area (Å²) < 4.78 is 0. The van der Waals surface area contributed by atoms with Gasteiger partial charge in [-0.1, -0.05) is 30.3 Å². The van der Waals surface area contributed by atoms with Crippen molar-refractivity contribution in [2.45, 2.75) is 26.4 Å². The molecule has 1 aromatic heterocycles. The van der Waals surface area contributed by atoms with E-state index in [0.717, 1.165) is 16.3 Å². The summed E-state index contributed by atoms with van der Waals surface area (Å²) in [7, 11) is 0. The lowest BCUT2D eigenvalue weighted by Crippen LogP contribution is -2.35. The van der Waals surface area contributed by atoms with E-state index >= 15 is 0 Å². The predicted molar refractivity (Wildman–Crippen MR) is 80.7 cm³/mol. The zero-order chi connectivity index (χ0) is 14.5. The fourth-order valence-corrected chi connectivity index (χ4v) is 2.72. The summed E-state index contributed by atoms with van der Waals surface area (Å²) in [6, 6.07) is 10.2. The third kappa shape index (κ3) is 3.88. The van der Waals surface area contributed by atoms with Gasteiger partial charge in [-0.15, -0.1) is 11.3 Å². The Balaban J connectivity index is 2.10. The molecule has 0 saturated heterocycles. The van der Waals surface area contributed by atoms with Crippen LogP contribution in [0.5, 0.6) is 0 Å². The molecule has 2 rings (SSSR count). The second-order valence-electron chi connectivity index (χ2n) is 4.88. The second-order valence-corrected chi connectivity index (χ2v) is 5.83. The van der Waals surface area contributed by atoms with Gasteiger partial charge in [0.1, 0.15) is 5.01 Å². The number of hydrogen-bond donors (Lipinski definition) is 1. The van der Waals surface area contributed by atoms with E-state index in [1.54, 1.807) is 11.3 Å². The quantitative estimate of drug-likeness (QED) is 0.888. The van der Waals surface area contributed by atoms with E-state index < -0.39 is 5.97 Å². The van der Waals surface area contributed by atoms with Crippen LogP contribution in [0.1, 0.15) is 18.9 Å². The van der Waals surface area contributed by atoms with Crippen LogP contribution in [0, 0.1) is 0 Å². The number of aromatic nitrogens is 1. The van der Waals surface area contributed by atoms with Gasteiger partial charge in [-0.2, -0.15) is 0 Å². The fourth-order valence-electron chi connectivity index (χ4n) is 1.89. The van der Waals surface area contributed by atoms with E-state index in [0.29, 0.717) is 6.54 Å². The minimum Gasteiger partial charge on any atom is -0.480 e. The monoisotopic (exact) mass is 290 g/mol. The maximum absolute atomic E-state index is 10.9. The Bertz CT molecular complexity index is 566. The van der Waals surface area contributed by atoms with Crippen molar-refractivity contribution in [2.75, 3.05) is 6.54 Å². The largest absolute Gasteiger partial charge is 0.480 e. The molecule has 0 atom stereocenters. The molecule has 0 bridgehead atoms. The van der Waals surface area contributed by atoms with Crippen LogP contribution in [0.25, 0.3) is 11.3 Å². The van der Waals surface area contributed by atoms with Gasteiger partial charge < -0.3 is 5.11 Å². The van der Waals surface area contributed by atoms with Crippen molar-refractivity contribution in [2.24, 2.45) is 0 Å². The van der Waals surface area contributed by atoms with Crippen LogP contribution in [-0.4, -0.2) is 33.5 Å². The molecular weight excluding hydrogens is 272 g/mol. The molecule has 1 aromatic carbocycles. The van der Waals surface area contributed by atoms with Crippen molar-refractivity contribution in [3.8, 4) is 11.3 Å². The predicted octanol–water partition coefficient (Wildman–Crippen LogP) is 3.11. The molecule has 0 radical (unpaired) electrons. The highest BCUT2D eigenvalue weighted by Crippen LogP contribution is 2.22. The smallest absolute Gasteiger partial charge is 0.317 e. The molecular formula is C15H18N2O2S. The molecule has 4 nitrogen and oxygen atoms in total. The topological polar surface area (TPSA) is 53.4 Å². The summed E-state index contributed by atoms with van der Waals surface area (Å²) in [5.41, 5.74) is 2.04.